The Labute approximate surface area is 125 Å². The smallest absolute Gasteiger partial charge is 0.309 e. The Morgan fingerprint density at radius 3 is 2.52 bits per heavy atom. The summed E-state index contributed by atoms with van der Waals surface area (Å²) in [6, 6.07) is 5.48. The first-order valence-electron chi connectivity index (χ1n) is 7.63. The van der Waals surface area contributed by atoms with Gasteiger partial charge in [0.25, 0.3) is 0 Å². The van der Waals surface area contributed by atoms with Crippen molar-refractivity contribution in [2.24, 2.45) is 5.41 Å². The number of hydrogen-bond acceptors (Lipinski definition) is 2. The standard InChI is InChI=1S/C17H24FNO2/c1-4-17(16(20)21)7-9-19(10-8-17)13(3)14-6-5-12(2)15(18)11-14/h5-6,11,13H,4,7-10H2,1-3H3,(H,20,21). The highest BCUT2D eigenvalue weighted by molar-refractivity contribution is 5.74. The van der Waals surface area contributed by atoms with Crippen molar-refractivity contribution in [1.29, 1.82) is 0 Å². The molecule has 1 fully saturated rings. The van der Waals surface area contributed by atoms with Gasteiger partial charge < -0.3 is 5.11 Å². The van der Waals surface area contributed by atoms with E-state index in [1.165, 1.54) is 0 Å². The minimum Gasteiger partial charge on any atom is -0.481 e. The fourth-order valence-corrected chi connectivity index (χ4v) is 3.14. The van der Waals surface area contributed by atoms with Crippen molar-refractivity contribution in [2.45, 2.75) is 46.1 Å². The average molecular weight is 293 g/mol. The van der Waals surface area contributed by atoms with Gasteiger partial charge in [-0.3, -0.25) is 9.69 Å². The fourth-order valence-electron chi connectivity index (χ4n) is 3.14. The number of hydrogen-bond donors (Lipinski definition) is 1. The van der Waals surface area contributed by atoms with E-state index in [2.05, 4.69) is 11.8 Å². The van der Waals surface area contributed by atoms with Crippen LogP contribution in [0.5, 0.6) is 0 Å². The quantitative estimate of drug-likeness (QED) is 0.918. The molecule has 0 aliphatic carbocycles. The molecule has 0 amide bonds. The lowest BCUT2D eigenvalue weighted by Crippen LogP contribution is -2.44. The number of carbonyl (C=O) groups is 1. The van der Waals surface area contributed by atoms with E-state index in [1.807, 2.05) is 13.0 Å². The molecule has 2 rings (SSSR count). The predicted octanol–water partition coefficient (Wildman–Crippen LogP) is 3.77. The van der Waals surface area contributed by atoms with Crippen LogP contribution >= 0.6 is 0 Å². The third kappa shape index (κ3) is 3.10. The van der Waals surface area contributed by atoms with Crippen LogP contribution in [0.25, 0.3) is 0 Å². The van der Waals surface area contributed by atoms with Gasteiger partial charge in [-0.25, -0.2) is 4.39 Å². The van der Waals surface area contributed by atoms with E-state index in [0.29, 0.717) is 24.8 Å². The van der Waals surface area contributed by atoms with Crippen molar-refractivity contribution < 1.29 is 14.3 Å². The topological polar surface area (TPSA) is 40.5 Å². The van der Waals surface area contributed by atoms with E-state index < -0.39 is 11.4 Å². The molecule has 3 nitrogen and oxygen atoms in total. The van der Waals surface area contributed by atoms with E-state index in [-0.39, 0.29) is 11.9 Å². The predicted molar refractivity (Wildman–Crippen MR) is 80.7 cm³/mol. The van der Waals surface area contributed by atoms with Crippen molar-refractivity contribution in [2.75, 3.05) is 13.1 Å². The van der Waals surface area contributed by atoms with E-state index in [4.69, 9.17) is 0 Å². The van der Waals surface area contributed by atoms with Crippen molar-refractivity contribution >= 4 is 5.97 Å². The van der Waals surface area contributed by atoms with Gasteiger partial charge in [-0.1, -0.05) is 19.1 Å². The van der Waals surface area contributed by atoms with E-state index in [1.54, 1.807) is 19.1 Å². The molecule has 1 saturated heterocycles. The molecule has 1 aliphatic rings. The number of benzene rings is 1. The maximum atomic E-state index is 13.7. The molecule has 1 N–H and O–H groups in total. The maximum absolute atomic E-state index is 13.7. The first-order valence-corrected chi connectivity index (χ1v) is 7.63. The van der Waals surface area contributed by atoms with E-state index in [0.717, 1.165) is 18.7 Å². The van der Waals surface area contributed by atoms with Gasteiger partial charge in [0.15, 0.2) is 0 Å². The van der Waals surface area contributed by atoms with Gasteiger partial charge in [0.05, 0.1) is 5.41 Å². The fraction of sp³-hybridized carbons (Fsp3) is 0.588. The molecule has 1 heterocycles. The minimum atomic E-state index is -0.682. The summed E-state index contributed by atoms with van der Waals surface area (Å²) in [4.78, 5) is 13.7. The summed E-state index contributed by atoms with van der Waals surface area (Å²) in [6.45, 7) is 7.26. The second-order valence-corrected chi connectivity index (χ2v) is 6.16. The molecule has 0 saturated carbocycles. The lowest BCUT2D eigenvalue weighted by molar-refractivity contribution is -0.152. The van der Waals surface area contributed by atoms with Crippen LogP contribution < -0.4 is 0 Å². The molecule has 1 aromatic carbocycles. The number of rotatable bonds is 4. The van der Waals surface area contributed by atoms with Crippen molar-refractivity contribution in [1.82, 2.24) is 4.90 Å². The normalized spacial score (nSPS) is 20.2. The average Bonchev–Trinajstić information content (AvgIpc) is 2.49. The zero-order valence-electron chi connectivity index (χ0n) is 13.0. The molecule has 1 aromatic rings. The lowest BCUT2D eigenvalue weighted by Gasteiger charge is -2.41. The van der Waals surface area contributed by atoms with Crippen molar-refractivity contribution in [3.63, 3.8) is 0 Å². The molecule has 1 aliphatic heterocycles. The number of aryl methyl sites for hydroxylation is 1. The highest BCUT2D eigenvalue weighted by Crippen LogP contribution is 2.37. The Hall–Kier alpha value is -1.42. The summed E-state index contributed by atoms with van der Waals surface area (Å²) in [5.41, 5.74) is 1.03. The second kappa shape index (κ2) is 6.14. The van der Waals surface area contributed by atoms with Crippen LogP contribution in [-0.2, 0) is 4.79 Å². The third-order valence-corrected chi connectivity index (χ3v) is 5.11. The first kappa shape index (κ1) is 16.0. The number of likely N-dealkylation sites (tertiary alicyclic amines) is 1. The maximum Gasteiger partial charge on any atom is 0.309 e. The van der Waals surface area contributed by atoms with Crippen LogP contribution in [0.3, 0.4) is 0 Å². The molecule has 0 bridgehead atoms. The largest absolute Gasteiger partial charge is 0.481 e. The molecular weight excluding hydrogens is 269 g/mol. The SMILES string of the molecule is CCC1(C(=O)O)CCN(C(C)c2ccc(C)c(F)c2)CC1. The number of halogens is 1. The van der Waals surface area contributed by atoms with Crippen LogP contribution in [-0.4, -0.2) is 29.1 Å². The summed E-state index contributed by atoms with van der Waals surface area (Å²) in [5, 5.41) is 9.43. The zero-order valence-corrected chi connectivity index (χ0v) is 13.0. The number of aliphatic carboxylic acids is 1. The molecule has 0 radical (unpaired) electrons. The molecule has 4 heteroatoms. The summed E-state index contributed by atoms with van der Waals surface area (Å²) >= 11 is 0. The monoisotopic (exact) mass is 293 g/mol. The molecule has 21 heavy (non-hydrogen) atoms. The number of carboxylic acid groups (broad SMARTS) is 1. The first-order chi connectivity index (χ1) is 9.89. The summed E-state index contributed by atoms with van der Waals surface area (Å²) in [5.74, 6) is -0.858. The van der Waals surface area contributed by atoms with Gasteiger partial charge in [-0.05, 0) is 63.4 Å². The van der Waals surface area contributed by atoms with Gasteiger partial charge in [-0.15, -0.1) is 0 Å². The Bertz CT molecular complexity index is 522. The molecule has 116 valence electrons. The molecule has 1 atom stereocenters. The summed E-state index contributed by atoms with van der Waals surface area (Å²) < 4.78 is 13.7. The molecule has 1 unspecified atom stereocenters. The Morgan fingerprint density at radius 1 is 1.43 bits per heavy atom. The number of nitrogens with zero attached hydrogens (tertiary/aromatic N) is 1. The molecule has 0 aromatic heterocycles. The van der Waals surface area contributed by atoms with E-state index in [9.17, 15) is 14.3 Å². The van der Waals surface area contributed by atoms with Gasteiger partial charge in [-0.2, -0.15) is 0 Å². The van der Waals surface area contributed by atoms with Crippen LogP contribution in [0.15, 0.2) is 18.2 Å². The third-order valence-electron chi connectivity index (χ3n) is 5.11. The highest BCUT2D eigenvalue weighted by atomic mass is 19.1. The van der Waals surface area contributed by atoms with E-state index >= 15 is 0 Å². The van der Waals surface area contributed by atoms with Gasteiger partial charge >= 0.3 is 5.97 Å². The van der Waals surface area contributed by atoms with Crippen LogP contribution in [0.1, 0.15) is 50.3 Å². The minimum absolute atomic E-state index is 0.115. The van der Waals surface area contributed by atoms with Gasteiger partial charge in [0.1, 0.15) is 5.82 Å². The number of piperidine rings is 1. The highest BCUT2D eigenvalue weighted by Gasteiger charge is 2.40. The molecular formula is C17H24FNO2. The van der Waals surface area contributed by atoms with Crippen molar-refractivity contribution in [3.05, 3.63) is 35.1 Å². The van der Waals surface area contributed by atoms with Gasteiger partial charge in [0.2, 0.25) is 0 Å². The summed E-state index contributed by atoms with van der Waals surface area (Å²) in [6.07, 6.45) is 2.00. The zero-order chi connectivity index (χ0) is 15.6. The number of carboxylic acids is 1. The van der Waals surface area contributed by atoms with Crippen LogP contribution in [0.2, 0.25) is 0 Å². The van der Waals surface area contributed by atoms with Crippen LogP contribution in [0, 0.1) is 18.2 Å². The van der Waals surface area contributed by atoms with Crippen molar-refractivity contribution in [3.8, 4) is 0 Å². The second-order valence-electron chi connectivity index (χ2n) is 6.16. The Balaban J connectivity index is 2.07. The van der Waals surface area contributed by atoms with Gasteiger partial charge in [0, 0.05) is 6.04 Å². The van der Waals surface area contributed by atoms with Crippen LogP contribution in [0.4, 0.5) is 4.39 Å². The Kier molecular flexibility index (Phi) is 4.67. The lowest BCUT2D eigenvalue weighted by atomic mass is 9.76. The Morgan fingerprint density at radius 2 is 2.05 bits per heavy atom. The molecule has 0 spiro atoms. The summed E-state index contributed by atoms with van der Waals surface area (Å²) in [7, 11) is 0.